The van der Waals surface area contributed by atoms with Crippen molar-refractivity contribution in [2.45, 2.75) is 33.2 Å². The largest absolute Gasteiger partial charge is 0.343 e. The van der Waals surface area contributed by atoms with Gasteiger partial charge in [-0.05, 0) is 30.0 Å². The van der Waals surface area contributed by atoms with Crippen LogP contribution in [-0.4, -0.2) is 47.4 Å². The molecule has 1 aliphatic heterocycles. The Balaban J connectivity index is 1.68. The SMILES string of the molecule is Cc1c(CN2CCN(C=O)CC2)cccc1Nc1ncc(C(C)C)s1. The molecule has 1 amide bonds. The predicted octanol–water partition coefficient (Wildman–Crippen LogP) is 3.59. The molecular weight excluding hydrogens is 332 g/mol. The molecule has 25 heavy (non-hydrogen) atoms. The molecule has 6 heteroatoms. The van der Waals surface area contributed by atoms with Crippen molar-refractivity contribution in [1.29, 1.82) is 0 Å². The van der Waals surface area contributed by atoms with E-state index in [9.17, 15) is 4.79 Å². The Kier molecular flexibility index (Phi) is 5.71. The average Bonchev–Trinajstić information content (AvgIpc) is 3.08. The van der Waals surface area contributed by atoms with Crippen LogP contribution in [0.2, 0.25) is 0 Å². The first kappa shape index (κ1) is 17.9. The molecule has 1 N–H and O–H groups in total. The number of anilines is 2. The molecule has 1 aliphatic rings. The second-order valence-corrected chi connectivity index (χ2v) is 7.92. The van der Waals surface area contributed by atoms with Gasteiger partial charge in [-0.25, -0.2) is 4.98 Å². The monoisotopic (exact) mass is 358 g/mol. The van der Waals surface area contributed by atoms with Crippen LogP contribution in [0.3, 0.4) is 0 Å². The summed E-state index contributed by atoms with van der Waals surface area (Å²) < 4.78 is 0. The fourth-order valence-corrected chi connectivity index (χ4v) is 3.82. The number of piperazine rings is 1. The summed E-state index contributed by atoms with van der Waals surface area (Å²) in [5.74, 6) is 0.505. The molecular formula is C19H26N4OS. The van der Waals surface area contributed by atoms with Crippen LogP contribution in [0.15, 0.2) is 24.4 Å². The van der Waals surface area contributed by atoms with Gasteiger partial charge in [-0.1, -0.05) is 26.0 Å². The fourth-order valence-electron chi connectivity index (χ4n) is 2.98. The molecule has 1 fully saturated rings. The lowest BCUT2D eigenvalue weighted by atomic mass is 10.1. The van der Waals surface area contributed by atoms with Gasteiger partial charge in [-0.3, -0.25) is 9.69 Å². The number of carbonyl (C=O) groups excluding carboxylic acids is 1. The van der Waals surface area contributed by atoms with Gasteiger partial charge < -0.3 is 10.2 Å². The molecule has 134 valence electrons. The van der Waals surface area contributed by atoms with E-state index in [-0.39, 0.29) is 0 Å². The van der Waals surface area contributed by atoms with E-state index < -0.39 is 0 Å². The smallest absolute Gasteiger partial charge is 0.209 e. The normalized spacial score (nSPS) is 15.6. The second kappa shape index (κ2) is 7.97. The molecule has 2 aromatic rings. The van der Waals surface area contributed by atoms with Crippen molar-refractivity contribution >= 4 is 28.6 Å². The third-order valence-electron chi connectivity index (χ3n) is 4.73. The number of thiazole rings is 1. The van der Waals surface area contributed by atoms with Crippen LogP contribution in [0.1, 0.15) is 35.8 Å². The Bertz CT molecular complexity index is 720. The number of nitrogens with zero attached hydrogens (tertiary/aromatic N) is 3. The van der Waals surface area contributed by atoms with Crippen LogP contribution in [-0.2, 0) is 11.3 Å². The highest BCUT2D eigenvalue weighted by molar-refractivity contribution is 7.15. The van der Waals surface area contributed by atoms with Gasteiger partial charge in [0.15, 0.2) is 5.13 Å². The predicted molar refractivity (Wildman–Crippen MR) is 104 cm³/mol. The van der Waals surface area contributed by atoms with Crippen LogP contribution >= 0.6 is 11.3 Å². The Labute approximate surface area is 153 Å². The molecule has 0 radical (unpaired) electrons. The van der Waals surface area contributed by atoms with E-state index in [1.807, 2.05) is 11.1 Å². The lowest BCUT2D eigenvalue weighted by Crippen LogP contribution is -2.45. The van der Waals surface area contributed by atoms with Crippen LogP contribution in [0, 0.1) is 6.92 Å². The van der Waals surface area contributed by atoms with Crippen LogP contribution in [0.5, 0.6) is 0 Å². The maximum absolute atomic E-state index is 10.8. The molecule has 1 aromatic carbocycles. The number of benzene rings is 1. The van der Waals surface area contributed by atoms with E-state index in [0.29, 0.717) is 5.92 Å². The number of amides is 1. The second-order valence-electron chi connectivity index (χ2n) is 6.85. The quantitative estimate of drug-likeness (QED) is 0.802. The molecule has 0 spiro atoms. The van der Waals surface area contributed by atoms with Gasteiger partial charge in [-0.15, -0.1) is 11.3 Å². The summed E-state index contributed by atoms with van der Waals surface area (Å²) in [4.78, 5) is 20.9. The van der Waals surface area contributed by atoms with Gasteiger partial charge in [-0.2, -0.15) is 0 Å². The van der Waals surface area contributed by atoms with Crippen molar-refractivity contribution in [2.75, 3.05) is 31.5 Å². The molecule has 0 aliphatic carbocycles. The summed E-state index contributed by atoms with van der Waals surface area (Å²) >= 11 is 1.72. The summed E-state index contributed by atoms with van der Waals surface area (Å²) in [6.07, 6.45) is 2.91. The lowest BCUT2D eigenvalue weighted by molar-refractivity contribution is -0.119. The van der Waals surface area contributed by atoms with Crippen molar-refractivity contribution in [3.63, 3.8) is 0 Å². The van der Waals surface area contributed by atoms with Gasteiger partial charge >= 0.3 is 0 Å². The first-order valence-electron chi connectivity index (χ1n) is 8.79. The number of hydrogen-bond acceptors (Lipinski definition) is 5. The highest BCUT2D eigenvalue weighted by atomic mass is 32.1. The zero-order valence-electron chi connectivity index (χ0n) is 15.2. The molecule has 0 bridgehead atoms. The molecule has 1 aromatic heterocycles. The summed E-state index contributed by atoms with van der Waals surface area (Å²) in [7, 11) is 0. The number of nitrogens with one attached hydrogen (secondary N) is 1. The first-order chi connectivity index (χ1) is 12.1. The highest BCUT2D eigenvalue weighted by Crippen LogP contribution is 2.29. The summed E-state index contributed by atoms with van der Waals surface area (Å²) in [6.45, 7) is 11.0. The minimum absolute atomic E-state index is 0.505. The van der Waals surface area contributed by atoms with Crippen molar-refractivity contribution in [3.8, 4) is 0 Å². The van der Waals surface area contributed by atoms with Crippen molar-refractivity contribution in [3.05, 3.63) is 40.4 Å². The third kappa shape index (κ3) is 4.38. The Morgan fingerprint density at radius 2 is 2.04 bits per heavy atom. The topological polar surface area (TPSA) is 48.5 Å². The van der Waals surface area contributed by atoms with E-state index in [1.165, 1.54) is 16.0 Å². The molecule has 1 saturated heterocycles. The Morgan fingerprint density at radius 1 is 1.28 bits per heavy atom. The van der Waals surface area contributed by atoms with E-state index in [0.717, 1.165) is 50.0 Å². The van der Waals surface area contributed by atoms with E-state index >= 15 is 0 Å². The van der Waals surface area contributed by atoms with Crippen molar-refractivity contribution in [2.24, 2.45) is 0 Å². The standard InChI is InChI=1S/C19H26N4OS/c1-14(2)18-11-20-19(25-18)21-17-6-4-5-16(15(17)3)12-22-7-9-23(13-24)10-8-22/h4-6,11,13-14H,7-10,12H2,1-3H3,(H,20,21). The lowest BCUT2D eigenvalue weighted by Gasteiger charge is -2.32. The number of aromatic nitrogens is 1. The molecule has 2 heterocycles. The highest BCUT2D eigenvalue weighted by Gasteiger charge is 2.17. The average molecular weight is 359 g/mol. The van der Waals surface area contributed by atoms with E-state index in [1.54, 1.807) is 11.3 Å². The molecule has 3 rings (SSSR count). The van der Waals surface area contributed by atoms with Gasteiger partial charge in [0.2, 0.25) is 6.41 Å². The van der Waals surface area contributed by atoms with Gasteiger partial charge in [0.1, 0.15) is 0 Å². The van der Waals surface area contributed by atoms with Crippen LogP contribution < -0.4 is 5.32 Å². The zero-order valence-corrected chi connectivity index (χ0v) is 16.0. The Morgan fingerprint density at radius 3 is 2.68 bits per heavy atom. The summed E-state index contributed by atoms with van der Waals surface area (Å²) in [5.41, 5.74) is 3.71. The summed E-state index contributed by atoms with van der Waals surface area (Å²) in [6, 6.07) is 6.40. The van der Waals surface area contributed by atoms with Crippen molar-refractivity contribution in [1.82, 2.24) is 14.8 Å². The van der Waals surface area contributed by atoms with Crippen molar-refractivity contribution < 1.29 is 4.79 Å². The first-order valence-corrected chi connectivity index (χ1v) is 9.61. The number of carbonyl (C=O) groups is 1. The zero-order chi connectivity index (χ0) is 17.8. The van der Waals surface area contributed by atoms with E-state index in [2.05, 4.69) is 54.2 Å². The maximum atomic E-state index is 10.8. The third-order valence-corrected chi connectivity index (χ3v) is 5.94. The minimum atomic E-state index is 0.505. The van der Waals surface area contributed by atoms with E-state index in [4.69, 9.17) is 0 Å². The van der Waals surface area contributed by atoms with Gasteiger partial charge in [0.25, 0.3) is 0 Å². The van der Waals surface area contributed by atoms with Gasteiger partial charge in [0.05, 0.1) is 0 Å². The van der Waals surface area contributed by atoms with Gasteiger partial charge in [0, 0.05) is 49.5 Å². The fraction of sp³-hybridized carbons (Fsp3) is 0.474. The maximum Gasteiger partial charge on any atom is 0.209 e. The molecule has 0 unspecified atom stereocenters. The molecule has 0 atom stereocenters. The Hall–Kier alpha value is -1.92. The summed E-state index contributed by atoms with van der Waals surface area (Å²) in [5, 5.41) is 4.42. The molecule has 0 saturated carbocycles. The molecule has 5 nitrogen and oxygen atoms in total. The van der Waals surface area contributed by atoms with Crippen LogP contribution in [0.25, 0.3) is 0 Å². The number of rotatable bonds is 6. The minimum Gasteiger partial charge on any atom is -0.343 e. The van der Waals surface area contributed by atoms with Crippen LogP contribution in [0.4, 0.5) is 10.8 Å². The number of hydrogen-bond donors (Lipinski definition) is 1.